The Morgan fingerprint density at radius 2 is 2.21 bits per heavy atom. The van der Waals surface area contributed by atoms with Crippen molar-refractivity contribution in [2.45, 2.75) is 25.1 Å². The zero-order valence-electron chi connectivity index (χ0n) is 10.8. The van der Waals surface area contributed by atoms with E-state index in [1.54, 1.807) is 14.0 Å². The number of rotatable bonds is 3. The Bertz CT molecular complexity index is 580. The topological polar surface area (TPSA) is 108 Å². The van der Waals surface area contributed by atoms with Crippen LogP contribution in [0.5, 0.6) is 0 Å². The molecule has 0 aliphatic carbocycles. The number of aromatic nitrogens is 2. The summed E-state index contributed by atoms with van der Waals surface area (Å²) in [6.45, 7) is 0.955. The van der Waals surface area contributed by atoms with E-state index in [0.29, 0.717) is 5.56 Å². The van der Waals surface area contributed by atoms with Crippen molar-refractivity contribution in [1.29, 1.82) is 0 Å². The van der Waals surface area contributed by atoms with E-state index >= 15 is 0 Å². The number of aliphatic hydroxyl groups is 2. The van der Waals surface area contributed by atoms with Crippen LogP contribution in [0, 0.1) is 6.92 Å². The molecule has 19 heavy (non-hydrogen) atoms. The van der Waals surface area contributed by atoms with Crippen molar-refractivity contribution in [3.05, 3.63) is 32.6 Å². The number of aromatic amines is 1. The molecule has 1 aliphatic heterocycles. The largest absolute Gasteiger partial charge is 0.395 e. The molecule has 0 radical (unpaired) electrons. The molecule has 2 heterocycles. The van der Waals surface area contributed by atoms with Gasteiger partial charge < -0.3 is 10.2 Å². The van der Waals surface area contributed by atoms with Crippen LogP contribution in [-0.4, -0.2) is 51.1 Å². The third-order valence-corrected chi connectivity index (χ3v) is 3.40. The predicted molar refractivity (Wildman–Crippen MR) is 65.5 cm³/mol. The molecule has 2 atom stereocenters. The molecule has 1 fully saturated rings. The molecule has 2 rings (SSSR count). The monoisotopic (exact) mass is 271 g/mol. The van der Waals surface area contributed by atoms with Gasteiger partial charge in [-0.2, -0.15) is 5.06 Å². The van der Waals surface area contributed by atoms with Gasteiger partial charge >= 0.3 is 5.69 Å². The van der Waals surface area contributed by atoms with Gasteiger partial charge in [-0.25, -0.2) is 4.79 Å². The second-order valence-corrected chi connectivity index (χ2v) is 4.72. The molecule has 2 unspecified atom stereocenters. The molecule has 1 aromatic rings. The first-order valence-electron chi connectivity index (χ1n) is 5.90. The van der Waals surface area contributed by atoms with Crippen LogP contribution in [0.15, 0.2) is 15.8 Å². The molecule has 3 N–H and O–H groups in total. The van der Waals surface area contributed by atoms with Gasteiger partial charge in [0.15, 0.2) is 5.72 Å². The number of aliphatic hydroxyl groups excluding tert-OH is 2. The summed E-state index contributed by atoms with van der Waals surface area (Å²) in [5.41, 5.74) is -2.09. The van der Waals surface area contributed by atoms with E-state index in [-0.39, 0.29) is 19.1 Å². The van der Waals surface area contributed by atoms with Crippen molar-refractivity contribution in [2.24, 2.45) is 0 Å². The highest BCUT2D eigenvalue weighted by molar-refractivity contribution is 5.04. The van der Waals surface area contributed by atoms with Crippen molar-refractivity contribution in [2.75, 3.05) is 20.3 Å². The summed E-state index contributed by atoms with van der Waals surface area (Å²) >= 11 is 0. The third-order valence-electron chi connectivity index (χ3n) is 3.40. The average molecular weight is 271 g/mol. The Morgan fingerprint density at radius 1 is 1.53 bits per heavy atom. The Labute approximate surface area is 108 Å². The first-order chi connectivity index (χ1) is 8.93. The molecular weight excluding hydrogens is 254 g/mol. The van der Waals surface area contributed by atoms with E-state index in [1.807, 2.05) is 0 Å². The van der Waals surface area contributed by atoms with Crippen LogP contribution < -0.4 is 11.2 Å². The average Bonchev–Trinajstić information content (AvgIpc) is 2.71. The lowest BCUT2D eigenvalue weighted by atomic mass is 10.1. The van der Waals surface area contributed by atoms with Crippen molar-refractivity contribution < 1.29 is 15.1 Å². The maximum Gasteiger partial charge on any atom is 0.330 e. The number of hydroxylamine groups is 2. The van der Waals surface area contributed by atoms with Gasteiger partial charge in [-0.15, -0.1) is 0 Å². The van der Waals surface area contributed by atoms with E-state index in [9.17, 15) is 19.8 Å². The molecular formula is C11H17N3O5. The van der Waals surface area contributed by atoms with Crippen LogP contribution in [-0.2, 0) is 10.6 Å². The summed E-state index contributed by atoms with van der Waals surface area (Å²) in [4.78, 5) is 30.9. The van der Waals surface area contributed by atoms with E-state index in [4.69, 9.17) is 4.84 Å². The lowest BCUT2D eigenvalue weighted by Gasteiger charge is -2.28. The van der Waals surface area contributed by atoms with Gasteiger partial charge in [-0.3, -0.25) is 19.2 Å². The number of hydrogen-bond donors (Lipinski definition) is 3. The molecule has 0 saturated carbocycles. The van der Waals surface area contributed by atoms with E-state index < -0.39 is 23.6 Å². The van der Waals surface area contributed by atoms with Gasteiger partial charge in [0.1, 0.15) is 0 Å². The highest BCUT2D eigenvalue weighted by Gasteiger charge is 2.46. The summed E-state index contributed by atoms with van der Waals surface area (Å²) in [5.74, 6) is 0. The van der Waals surface area contributed by atoms with Crippen LogP contribution in [0.25, 0.3) is 0 Å². The molecule has 8 heteroatoms. The van der Waals surface area contributed by atoms with Gasteiger partial charge in [-0.1, -0.05) is 0 Å². The standard InChI is InChI=1S/C11H17N3O5/c1-7-4-14(10(18)12-9(7)17)11(6-16)3-8(5-15)13(2)19-11/h4,8,15-16H,3,5-6H2,1-2H3,(H,12,17,18). The van der Waals surface area contributed by atoms with Crippen molar-refractivity contribution in [1.82, 2.24) is 14.6 Å². The van der Waals surface area contributed by atoms with Crippen LogP contribution in [0.2, 0.25) is 0 Å². The minimum Gasteiger partial charge on any atom is -0.395 e. The summed E-state index contributed by atoms with van der Waals surface area (Å²) in [6, 6.07) is -0.328. The van der Waals surface area contributed by atoms with Gasteiger partial charge in [0.05, 0.1) is 19.3 Å². The van der Waals surface area contributed by atoms with Crippen molar-refractivity contribution in [3.8, 4) is 0 Å². The van der Waals surface area contributed by atoms with E-state index in [1.165, 1.54) is 11.3 Å². The molecule has 106 valence electrons. The minimum atomic E-state index is -1.30. The fraction of sp³-hybridized carbons (Fsp3) is 0.636. The lowest BCUT2D eigenvalue weighted by Crippen LogP contribution is -2.47. The van der Waals surface area contributed by atoms with Gasteiger partial charge in [0.2, 0.25) is 0 Å². The summed E-state index contributed by atoms with van der Waals surface area (Å²) in [5, 5.41) is 20.2. The third kappa shape index (κ3) is 2.23. The predicted octanol–water partition coefficient (Wildman–Crippen LogP) is -1.88. The quantitative estimate of drug-likeness (QED) is 0.594. The number of nitrogens with zero attached hydrogens (tertiary/aromatic N) is 2. The lowest BCUT2D eigenvalue weighted by molar-refractivity contribution is -0.240. The summed E-state index contributed by atoms with van der Waals surface area (Å²) in [6.07, 6.45) is 1.59. The minimum absolute atomic E-state index is 0.157. The zero-order chi connectivity index (χ0) is 14.2. The molecule has 1 aromatic heterocycles. The normalized spacial score (nSPS) is 27.9. The van der Waals surface area contributed by atoms with Crippen LogP contribution in [0.1, 0.15) is 12.0 Å². The Kier molecular flexibility index (Phi) is 3.59. The van der Waals surface area contributed by atoms with E-state index in [0.717, 1.165) is 4.57 Å². The van der Waals surface area contributed by atoms with Gasteiger partial charge in [0, 0.05) is 25.2 Å². The first-order valence-corrected chi connectivity index (χ1v) is 5.90. The number of likely N-dealkylation sites (N-methyl/N-ethyl adjacent to an activating group) is 1. The van der Waals surface area contributed by atoms with Crippen LogP contribution in [0.3, 0.4) is 0 Å². The number of H-pyrrole nitrogens is 1. The Balaban J connectivity index is 2.52. The van der Waals surface area contributed by atoms with Gasteiger partial charge in [-0.05, 0) is 6.92 Å². The van der Waals surface area contributed by atoms with Gasteiger partial charge in [0.25, 0.3) is 5.56 Å². The Morgan fingerprint density at radius 3 is 2.74 bits per heavy atom. The zero-order valence-corrected chi connectivity index (χ0v) is 10.8. The molecule has 0 bridgehead atoms. The highest BCUT2D eigenvalue weighted by Crippen LogP contribution is 2.32. The van der Waals surface area contributed by atoms with Crippen LogP contribution in [0.4, 0.5) is 0 Å². The highest BCUT2D eigenvalue weighted by atomic mass is 16.7. The summed E-state index contributed by atoms with van der Waals surface area (Å²) in [7, 11) is 1.61. The van der Waals surface area contributed by atoms with Crippen molar-refractivity contribution >= 4 is 0 Å². The second kappa shape index (κ2) is 4.89. The maximum atomic E-state index is 11.9. The molecule has 0 aromatic carbocycles. The fourth-order valence-corrected chi connectivity index (χ4v) is 2.24. The molecule has 0 amide bonds. The first kappa shape index (κ1) is 13.9. The number of hydrogen-bond acceptors (Lipinski definition) is 6. The summed E-state index contributed by atoms with van der Waals surface area (Å²) < 4.78 is 1.16. The number of aryl methyl sites for hydroxylation is 1. The molecule has 8 nitrogen and oxygen atoms in total. The fourth-order valence-electron chi connectivity index (χ4n) is 2.24. The van der Waals surface area contributed by atoms with Crippen molar-refractivity contribution in [3.63, 3.8) is 0 Å². The van der Waals surface area contributed by atoms with E-state index in [2.05, 4.69) is 4.98 Å². The molecule has 0 spiro atoms. The maximum absolute atomic E-state index is 11.9. The Hall–Kier alpha value is -1.48. The number of nitrogens with one attached hydrogen (secondary N) is 1. The molecule has 1 aliphatic rings. The van der Waals surface area contributed by atoms with Crippen LogP contribution >= 0.6 is 0 Å². The SMILES string of the molecule is Cc1cn(C2(CO)CC(CO)N(C)O2)c(=O)[nH]c1=O. The second-order valence-electron chi connectivity index (χ2n) is 4.72. The molecule has 1 saturated heterocycles. The smallest absolute Gasteiger partial charge is 0.330 e.